The summed E-state index contributed by atoms with van der Waals surface area (Å²) in [5.41, 5.74) is 1.75. The van der Waals surface area contributed by atoms with Crippen molar-refractivity contribution in [3.8, 4) is 0 Å². The molecule has 1 fully saturated rings. The van der Waals surface area contributed by atoms with E-state index in [0.29, 0.717) is 11.5 Å². The molecule has 2 atom stereocenters. The van der Waals surface area contributed by atoms with Crippen LogP contribution in [0.1, 0.15) is 36.7 Å². The normalized spacial score (nSPS) is 23.3. The topological polar surface area (TPSA) is 46.6 Å². The number of nitrogens with zero attached hydrogens (tertiary/aromatic N) is 1. The number of carbonyl (C=O) groups is 1. The second kappa shape index (κ2) is 7.88. The molecule has 5 heteroatoms. The van der Waals surface area contributed by atoms with Crippen LogP contribution in [-0.4, -0.2) is 45.8 Å². The minimum atomic E-state index is -0.685. The molecule has 2 rings (SSSR count). The van der Waals surface area contributed by atoms with Crippen LogP contribution in [0.5, 0.6) is 0 Å². The zero-order valence-electron chi connectivity index (χ0n) is 13.6. The summed E-state index contributed by atoms with van der Waals surface area (Å²) in [6, 6.07) is 7.59. The zero-order chi connectivity index (χ0) is 16.1. The molecule has 2 unspecified atom stereocenters. The van der Waals surface area contributed by atoms with E-state index in [0.717, 1.165) is 31.1 Å². The molecule has 4 nitrogen and oxygen atoms in total. The molecule has 1 aliphatic rings. The van der Waals surface area contributed by atoms with E-state index < -0.39 is 10.8 Å². The lowest BCUT2D eigenvalue weighted by Gasteiger charge is -2.21. The molecule has 1 heterocycles. The molecule has 1 aromatic carbocycles. The van der Waals surface area contributed by atoms with Crippen LogP contribution in [0.3, 0.4) is 0 Å². The van der Waals surface area contributed by atoms with Crippen molar-refractivity contribution in [1.29, 1.82) is 0 Å². The van der Waals surface area contributed by atoms with Gasteiger partial charge >= 0.3 is 5.97 Å². The third kappa shape index (κ3) is 5.21. The van der Waals surface area contributed by atoms with Gasteiger partial charge in [0.1, 0.15) is 0 Å². The van der Waals surface area contributed by atoms with E-state index in [9.17, 15) is 9.00 Å². The zero-order valence-corrected chi connectivity index (χ0v) is 14.4. The Morgan fingerprint density at radius 3 is 2.68 bits per heavy atom. The Morgan fingerprint density at radius 2 is 2.05 bits per heavy atom. The molecule has 0 bridgehead atoms. The van der Waals surface area contributed by atoms with Crippen molar-refractivity contribution in [3.63, 3.8) is 0 Å². The third-order valence-corrected chi connectivity index (χ3v) is 5.19. The highest BCUT2D eigenvalue weighted by molar-refractivity contribution is 7.85. The van der Waals surface area contributed by atoms with Crippen molar-refractivity contribution in [2.24, 2.45) is 5.92 Å². The predicted molar refractivity (Wildman–Crippen MR) is 89.3 cm³/mol. The van der Waals surface area contributed by atoms with Gasteiger partial charge in [-0.25, -0.2) is 4.79 Å². The summed E-state index contributed by atoms with van der Waals surface area (Å²) < 4.78 is 16.9. The molecule has 0 aliphatic carbocycles. The van der Waals surface area contributed by atoms with Gasteiger partial charge in [0.25, 0.3) is 0 Å². The monoisotopic (exact) mass is 323 g/mol. The van der Waals surface area contributed by atoms with Gasteiger partial charge in [-0.2, -0.15) is 0 Å². The van der Waals surface area contributed by atoms with Crippen molar-refractivity contribution >= 4 is 16.8 Å². The largest absolute Gasteiger partial charge is 0.459 e. The molecule has 122 valence electrons. The van der Waals surface area contributed by atoms with Crippen molar-refractivity contribution in [2.75, 3.05) is 24.6 Å². The van der Waals surface area contributed by atoms with Gasteiger partial charge in [-0.05, 0) is 37.5 Å². The molecule has 0 amide bonds. The Kier molecular flexibility index (Phi) is 6.15. The fourth-order valence-electron chi connectivity index (χ4n) is 2.65. The Morgan fingerprint density at radius 1 is 1.36 bits per heavy atom. The maximum Gasteiger partial charge on any atom is 0.338 e. The first-order chi connectivity index (χ1) is 10.4. The first-order valence-electron chi connectivity index (χ1n) is 7.81. The highest BCUT2D eigenvalue weighted by atomic mass is 32.2. The summed E-state index contributed by atoms with van der Waals surface area (Å²) >= 11 is 0. The van der Waals surface area contributed by atoms with Gasteiger partial charge in [0, 0.05) is 41.9 Å². The summed E-state index contributed by atoms with van der Waals surface area (Å²) in [6.07, 6.45) is -0.105. The minimum absolute atomic E-state index is 0.105. The average molecular weight is 323 g/mol. The van der Waals surface area contributed by atoms with Gasteiger partial charge in [-0.1, -0.05) is 19.1 Å². The van der Waals surface area contributed by atoms with E-state index in [-0.39, 0.29) is 12.1 Å². The summed E-state index contributed by atoms with van der Waals surface area (Å²) in [4.78, 5) is 14.2. The molecule has 22 heavy (non-hydrogen) atoms. The molecule has 0 radical (unpaired) electrons. The highest BCUT2D eigenvalue weighted by Crippen LogP contribution is 2.14. The maximum absolute atomic E-state index is 11.8. The SMILES string of the molecule is CC1CN(Cc2ccc(C(=O)OC(C)C)cc2)CCS(=O)C1. The summed E-state index contributed by atoms with van der Waals surface area (Å²) in [5, 5.41) is 0. The van der Waals surface area contributed by atoms with E-state index in [1.165, 1.54) is 5.56 Å². The van der Waals surface area contributed by atoms with Gasteiger partial charge in [0.2, 0.25) is 0 Å². The van der Waals surface area contributed by atoms with E-state index in [1.807, 2.05) is 38.1 Å². The van der Waals surface area contributed by atoms with Crippen LogP contribution in [0.25, 0.3) is 0 Å². The Hall–Kier alpha value is -1.20. The lowest BCUT2D eigenvalue weighted by molar-refractivity contribution is 0.0378. The Balaban J connectivity index is 1.96. The smallest absolute Gasteiger partial charge is 0.338 e. The maximum atomic E-state index is 11.8. The number of hydrogen-bond acceptors (Lipinski definition) is 4. The first kappa shape index (κ1) is 17.2. The molecule has 1 aromatic rings. The highest BCUT2D eigenvalue weighted by Gasteiger charge is 2.19. The first-order valence-corrected chi connectivity index (χ1v) is 9.30. The number of carbonyl (C=O) groups excluding carboxylic acids is 1. The minimum Gasteiger partial charge on any atom is -0.459 e. The molecule has 0 saturated carbocycles. The fourth-order valence-corrected chi connectivity index (χ4v) is 4.02. The summed E-state index contributed by atoms with van der Waals surface area (Å²) in [5.74, 6) is 1.74. The quantitative estimate of drug-likeness (QED) is 0.799. The predicted octanol–water partition coefficient (Wildman–Crippen LogP) is 2.45. The van der Waals surface area contributed by atoms with Crippen LogP contribution in [-0.2, 0) is 22.1 Å². The van der Waals surface area contributed by atoms with Crippen molar-refractivity contribution in [1.82, 2.24) is 4.90 Å². The molecule has 0 aromatic heterocycles. The van der Waals surface area contributed by atoms with Gasteiger partial charge < -0.3 is 4.74 Å². The van der Waals surface area contributed by atoms with Gasteiger partial charge in [-0.15, -0.1) is 0 Å². The summed E-state index contributed by atoms with van der Waals surface area (Å²) in [6.45, 7) is 8.52. The van der Waals surface area contributed by atoms with Crippen LogP contribution in [0.2, 0.25) is 0 Å². The van der Waals surface area contributed by atoms with Crippen LogP contribution in [0.15, 0.2) is 24.3 Å². The number of ether oxygens (including phenoxy) is 1. The molecule has 1 aliphatic heterocycles. The Labute approximate surface area is 135 Å². The number of rotatable bonds is 4. The van der Waals surface area contributed by atoms with Crippen LogP contribution < -0.4 is 0 Å². The number of benzene rings is 1. The second-order valence-electron chi connectivity index (χ2n) is 6.30. The lowest BCUT2D eigenvalue weighted by atomic mass is 10.1. The lowest BCUT2D eigenvalue weighted by Crippen LogP contribution is -2.28. The van der Waals surface area contributed by atoms with Gasteiger partial charge in [0.15, 0.2) is 0 Å². The Bertz CT molecular complexity index is 527. The molecular weight excluding hydrogens is 298 g/mol. The van der Waals surface area contributed by atoms with E-state index in [1.54, 1.807) is 0 Å². The third-order valence-electron chi connectivity index (χ3n) is 3.61. The summed E-state index contributed by atoms with van der Waals surface area (Å²) in [7, 11) is -0.685. The number of hydrogen-bond donors (Lipinski definition) is 0. The second-order valence-corrected chi connectivity index (χ2v) is 7.92. The van der Waals surface area contributed by atoms with Crippen LogP contribution in [0.4, 0.5) is 0 Å². The van der Waals surface area contributed by atoms with Crippen LogP contribution in [0, 0.1) is 5.92 Å². The fraction of sp³-hybridized carbons (Fsp3) is 0.588. The van der Waals surface area contributed by atoms with Crippen molar-refractivity contribution in [2.45, 2.75) is 33.4 Å². The van der Waals surface area contributed by atoms with Gasteiger partial charge in [0.05, 0.1) is 11.7 Å². The molecule has 1 saturated heterocycles. The molecular formula is C17H25NO3S. The number of esters is 1. The van der Waals surface area contributed by atoms with Crippen LogP contribution >= 0.6 is 0 Å². The van der Waals surface area contributed by atoms with Gasteiger partial charge in [-0.3, -0.25) is 9.11 Å². The standard InChI is InChI=1S/C17H25NO3S/c1-13(2)21-17(19)16-6-4-15(5-7-16)11-18-8-9-22(20)12-14(3)10-18/h4-7,13-14H,8-12H2,1-3H3. The van der Waals surface area contributed by atoms with E-state index >= 15 is 0 Å². The van der Waals surface area contributed by atoms with Crippen molar-refractivity contribution < 1.29 is 13.7 Å². The van der Waals surface area contributed by atoms with E-state index in [4.69, 9.17) is 4.74 Å². The average Bonchev–Trinajstić information content (AvgIpc) is 2.59. The molecule has 0 N–H and O–H groups in total. The van der Waals surface area contributed by atoms with E-state index in [2.05, 4.69) is 11.8 Å². The van der Waals surface area contributed by atoms with Crippen molar-refractivity contribution in [3.05, 3.63) is 35.4 Å². The molecule has 0 spiro atoms.